The van der Waals surface area contributed by atoms with E-state index in [2.05, 4.69) is 0 Å². The van der Waals surface area contributed by atoms with Crippen LogP contribution in [0.2, 0.25) is 0 Å². The molecule has 0 fully saturated rings. The molecule has 0 saturated carbocycles. The van der Waals surface area contributed by atoms with Crippen LogP contribution in [0.5, 0.6) is 0 Å². The van der Waals surface area contributed by atoms with Crippen molar-refractivity contribution in [2.24, 2.45) is 5.92 Å². The number of rotatable bonds is 7. The predicted molar refractivity (Wildman–Crippen MR) is 78.5 cm³/mol. The van der Waals surface area contributed by atoms with Crippen LogP contribution in [0.3, 0.4) is 0 Å². The zero-order chi connectivity index (χ0) is 16.0. The van der Waals surface area contributed by atoms with E-state index in [-0.39, 0.29) is 30.0 Å². The summed E-state index contributed by atoms with van der Waals surface area (Å²) in [4.78, 5) is 22.8. The Labute approximate surface area is 125 Å². The van der Waals surface area contributed by atoms with Crippen molar-refractivity contribution in [3.63, 3.8) is 0 Å². The summed E-state index contributed by atoms with van der Waals surface area (Å²) in [6.45, 7) is 7.81. The fourth-order valence-corrected chi connectivity index (χ4v) is 2.56. The van der Waals surface area contributed by atoms with E-state index in [0.717, 1.165) is 12.8 Å². The van der Waals surface area contributed by atoms with Crippen molar-refractivity contribution in [3.8, 4) is 0 Å². The largest absolute Gasteiger partial charge is 0.463 e. The quantitative estimate of drug-likeness (QED) is 0.410. The Morgan fingerprint density at radius 2 is 2.05 bits per heavy atom. The van der Waals surface area contributed by atoms with Crippen LogP contribution in [0.25, 0.3) is 0 Å². The van der Waals surface area contributed by atoms with E-state index >= 15 is 0 Å². The first-order valence-corrected chi connectivity index (χ1v) is 7.61. The molecule has 6 heteroatoms. The Kier molecular flexibility index (Phi) is 6.81. The highest BCUT2D eigenvalue weighted by atomic mass is 16.6. The van der Waals surface area contributed by atoms with Gasteiger partial charge in [-0.2, -0.15) is 0 Å². The molecule has 0 aromatic rings. The lowest BCUT2D eigenvalue weighted by atomic mass is 9.84. The summed E-state index contributed by atoms with van der Waals surface area (Å²) >= 11 is 0. The van der Waals surface area contributed by atoms with E-state index in [1.807, 2.05) is 13.8 Å². The standard InChI is InChI=1S/C15H25NO5/c1-5-12(6-2)21-14-9-11(15(17)20-7-3)8-13(10(14)4)16(18)19/h9-10,12-14H,5-8H2,1-4H3/t10-,13?,14-/m1/s1. The van der Waals surface area contributed by atoms with Crippen molar-refractivity contribution in [1.29, 1.82) is 0 Å². The SMILES string of the molecule is CCOC(=O)C1=C[C@@H](OC(CC)CC)[C@H](C)C([N+](=O)[O-])C1. The predicted octanol–water partition coefficient (Wildman–Crippen LogP) is 2.73. The summed E-state index contributed by atoms with van der Waals surface area (Å²) < 4.78 is 10.9. The molecule has 6 nitrogen and oxygen atoms in total. The molecule has 0 bridgehead atoms. The molecule has 0 amide bonds. The summed E-state index contributed by atoms with van der Waals surface area (Å²) in [6.07, 6.45) is 3.12. The minimum atomic E-state index is -0.811. The number of nitro groups is 1. The Hall–Kier alpha value is -1.43. The molecule has 0 aromatic carbocycles. The summed E-state index contributed by atoms with van der Waals surface area (Å²) in [5.41, 5.74) is 0.354. The monoisotopic (exact) mass is 299 g/mol. The second-order valence-electron chi connectivity index (χ2n) is 5.37. The van der Waals surface area contributed by atoms with Gasteiger partial charge in [-0.25, -0.2) is 4.79 Å². The molecule has 1 unspecified atom stereocenters. The number of nitrogens with zero attached hydrogens (tertiary/aromatic N) is 1. The smallest absolute Gasteiger partial charge is 0.334 e. The first kappa shape index (κ1) is 17.6. The van der Waals surface area contributed by atoms with Crippen LogP contribution < -0.4 is 0 Å². The van der Waals surface area contributed by atoms with Crippen molar-refractivity contribution in [3.05, 3.63) is 21.8 Å². The molecule has 1 rings (SSSR count). The van der Waals surface area contributed by atoms with Crippen LogP contribution in [-0.4, -0.2) is 35.7 Å². The van der Waals surface area contributed by atoms with Gasteiger partial charge in [0.05, 0.1) is 24.7 Å². The van der Waals surface area contributed by atoms with Crippen LogP contribution in [0, 0.1) is 16.0 Å². The minimum absolute atomic E-state index is 0.0441. The highest BCUT2D eigenvalue weighted by Crippen LogP contribution is 2.30. The van der Waals surface area contributed by atoms with E-state index < -0.39 is 18.1 Å². The molecule has 0 radical (unpaired) electrons. The van der Waals surface area contributed by atoms with Gasteiger partial charge in [-0.05, 0) is 25.8 Å². The molecule has 0 saturated heterocycles. The van der Waals surface area contributed by atoms with E-state index in [4.69, 9.17) is 9.47 Å². The molecule has 3 atom stereocenters. The van der Waals surface area contributed by atoms with Crippen molar-refractivity contribution in [2.45, 2.75) is 65.2 Å². The van der Waals surface area contributed by atoms with Gasteiger partial charge >= 0.3 is 5.97 Å². The molecule has 0 heterocycles. The first-order valence-electron chi connectivity index (χ1n) is 7.61. The van der Waals surface area contributed by atoms with Crippen molar-refractivity contribution in [2.75, 3.05) is 6.61 Å². The van der Waals surface area contributed by atoms with Gasteiger partial charge in [-0.1, -0.05) is 20.8 Å². The first-order chi connectivity index (χ1) is 9.94. The second-order valence-corrected chi connectivity index (χ2v) is 5.37. The van der Waals surface area contributed by atoms with Crippen LogP contribution >= 0.6 is 0 Å². The van der Waals surface area contributed by atoms with Crippen LogP contribution in [-0.2, 0) is 14.3 Å². The third-order valence-electron chi connectivity index (χ3n) is 3.99. The number of hydrogen-bond donors (Lipinski definition) is 0. The maximum atomic E-state index is 11.9. The van der Waals surface area contributed by atoms with Crippen LogP contribution in [0.4, 0.5) is 0 Å². The molecule has 0 spiro atoms. The van der Waals surface area contributed by atoms with Gasteiger partial charge in [0.15, 0.2) is 0 Å². The zero-order valence-electron chi connectivity index (χ0n) is 13.2. The highest BCUT2D eigenvalue weighted by Gasteiger charge is 2.41. The summed E-state index contributed by atoms with van der Waals surface area (Å²) in [6, 6.07) is -0.811. The number of esters is 1. The molecule has 1 aliphatic rings. The highest BCUT2D eigenvalue weighted by molar-refractivity contribution is 5.88. The average Bonchev–Trinajstić information content (AvgIpc) is 2.46. The van der Waals surface area contributed by atoms with E-state index in [1.54, 1.807) is 19.9 Å². The van der Waals surface area contributed by atoms with Crippen molar-refractivity contribution in [1.82, 2.24) is 0 Å². The molecule has 0 aliphatic heterocycles. The van der Waals surface area contributed by atoms with Crippen molar-refractivity contribution < 1.29 is 19.2 Å². The average molecular weight is 299 g/mol. The molecular weight excluding hydrogens is 274 g/mol. The van der Waals surface area contributed by atoms with Gasteiger partial charge in [0.2, 0.25) is 6.04 Å². The van der Waals surface area contributed by atoms with Gasteiger partial charge in [0.1, 0.15) is 0 Å². The maximum Gasteiger partial charge on any atom is 0.334 e. The maximum absolute atomic E-state index is 11.9. The van der Waals surface area contributed by atoms with Gasteiger partial charge < -0.3 is 9.47 Å². The molecule has 1 aliphatic carbocycles. The normalized spacial score (nSPS) is 25.6. The molecule has 0 N–H and O–H groups in total. The third kappa shape index (κ3) is 4.52. The molecule has 0 aromatic heterocycles. The van der Waals surface area contributed by atoms with E-state index in [1.165, 1.54) is 0 Å². The number of hydrogen-bond acceptors (Lipinski definition) is 5. The van der Waals surface area contributed by atoms with Crippen LogP contribution in [0.15, 0.2) is 11.6 Å². The number of ether oxygens (including phenoxy) is 2. The van der Waals surface area contributed by atoms with Gasteiger partial charge in [-0.3, -0.25) is 10.1 Å². The Morgan fingerprint density at radius 3 is 2.52 bits per heavy atom. The topological polar surface area (TPSA) is 78.7 Å². The Bertz CT molecular complexity index is 403. The summed E-state index contributed by atoms with van der Waals surface area (Å²) in [7, 11) is 0. The Balaban J connectivity index is 2.97. The number of carbonyl (C=O) groups is 1. The van der Waals surface area contributed by atoms with Crippen molar-refractivity contribution >= 4 is 5.97 Å². The van der Waals surface area contributed by atoms with Gasteiger partial charge in [0.25, 0.3) is 0 Å². The van der Waals surface area contributed by atoms with Gasteiger partial charge in [-0.15, -0.1) is 0 Å². The minimum Gasteiger partial charge on any atom is -0.463 e. The summed E-state index contributed by atoms with van der Waals surface area (Å²) in [5.74, 6) is -0.742. The lowest BCUT2D eigenvalue weighted by Crippen LogP contribution is -2.42. The zero-order valence-corrected chi connectivity index (χ0v) is 13.2. The van der Waals surface area contributed by atoms with E-state index in [0.29, 0.717) is 5.57 Å². The lowest BCUT2D eigenvalue weighted by Gasteiger charge is -2.31. The van der Waals surface area contributed by atoms with Gasteiger partial charge in [0, 0.05) is 16.9 Å². The van der Waals surface area contributed by atoms with Crippen LogP contribution in [0.1, 0.15) is 47.0 Å². The van der Waals surface area contributed by atoms with E-state index in [9.17, 15) is 14.9 Å². The lowest BCUT2D eigenvalue weighted by molar-refractivity contribution is -0.534. The Morgan fingerprint density at radius 1 is 1.43 bits per heavy atom. The third-order valence-corrected chi connectivity index (χ3v) is 3.99. The second kappa shape index (κ2) is 8.12. The fourth-order valence-electron chi connectivity index (χ4n) is 2.56. The molecular formula is C15H25NO5. The summed E-state index contributed by atoms with van der Waals surface area (Å²) in [5, 5.41) is 11.2. The molecule has 120 valence electrons. The number of carbonyl (C=O) groups excluding carboxylic acids is 1. The molecule has 21 heavy (non-hydrogen) atoms. The fraction of sp³-hybridized carbons (Fsp3) is 0.800.